The molecule has 0 aliphatic rings. The first-order valence-electron chi connectivity index (χ1n) is 3.65. The fraction of sp³-hybridized carbons (Fsp3) is 0.333. The molecular formula is C9H14IN. The highest BCUT2D eigenvalue weighted by Gasteiger charge is 1.91. The minimum atomic E-state index is 1.14. The van der Waals surface area contributed by atoms with E-state index in [1.54, 1.807) is 0 Å². The summed E-state index contributed by atoms with van der Waals surface area (Å²) in [4.78, 5) is 0. The van der Waals surface area contributed by atoms with Gasteiger partial charge in [-0.3, -0.25) is 0 Å². The predicted octanol–water partition coefficient (Wildman–Crippen LogP) is 2.43. The van der Waals surface area contributed by atoms with Crippen molar-refractivity contribution in [2.45, 2.75) is 13.3 Å². The third-order valence-electron chi connectivity index (χ3n) is 1.34. The first-order valence-corrected chi connectivity index (χ1v) is 4.73. The molecule has 0 spiro atoms. The molecule has 0 saturated carbocycles. The van der Waals surface area contributed by atoms with Crippen LogP contribution in [0.2, 0.25) is 0 Å². The molecule has 0 aromatic heterocycles. The van der Waals surface area contributed by atoms with E-state index >= 15 is 0 Å². The van der Waals surface area contributed by atoms with Crippen molar-refractivity contribution in [2.24, 2.45) is 5.73 Å². The Morgan fingerprint density at radius 2 is 1.82 bits per heavy atom. The summed E-state index contributed by atoms with van der Waals surface area (Å²) < 4.78 is 1.37. The smallest absolute Gasteiger partial charge is 0.0162 e. The molecule has 0 radical (unpaired) electrons. The van der Waals surface area contributed by atoms with Crippen molar-refractivity contribution >= 4 is 22.6 Å². The Labute approximate surface area is 82.1 Å². The SMILES string of the molecule is CCc1ccccc1I.CN. The fourth-order valence-corrected chi connectivity index (χ4v) is 1.55. The molecular weight excluding hydrogens is 249 g/mol. The van der Waals surface area contributed by atoms with Gasteiger partial charge in [0, 0.05) is 3.57 Å². The normalized spacial score (nSPS) is 8.36. The average molecular weight is 263 g/mol. The molecule has 0 bridgehead atoms. The van der Waals surface area contributed by atoms with Crippen LogP contribution in [0.4, 0.5) is 0 Å². The van der Waals surface area contributed by atoms with Crippen molar-refractivity contribution in [3.05, 3.63) is 33.4 Å². The van der Waals surface area contributed by atoms with Crippen LogP contribution in [-0.4, -0.2) is 7.05 Å². The third kappa shape index (κ3) is 3.72. The average Bonchev–Trinajstić information content (AvgIpc) is 2.09. The molecule has 0 aliphatic carbocycles. The summed E-state index contributed by atoms with van der Waals surface area (Å²) in [6.07, 6.45) is 1.14. The number of nitrogens with two attached hydrogens (primary N) is 1. The van der Waals surface area contributed by atoms with Crippen LogP contribution in [-0.2, 0) is 6.42 Å². The minimum Gasteiger partial charge on any atom is -0.333 e. The van der Waals surface area contributed by atoms with E-state index in [0.717, 1.165) is 6.42 Å². The van der Waals surface area contributed by atoms with Crippen LogP contribution in [0.25, 0.3) is 0 Å². The molecule has 11 heavy (non-hydrogen) atoms. The highest BCUT2D eigenvalue weighted by molar-refractivity contribution is 14.1. The second-order valence-corrected chi connectivity index (χ2v) is 3.11. The van der Waals surface area contributed by atoms with Crippen LogP contribution in [0.5, 0.6) is 0 Å². The van der Waals surface area contributed by atoms with E-state index < -0.39 is 0 Å². The van der Waals surface area contributed by atoms with E-state index in [0.29, 0.717) is 0 Å². The van der Waals surface area contributed by atoms with Crippen LogP contribution in [0, 0.1) is 3.57 Å². The van der Waals surface area contributed by atoms with Gasteiger partial charge < -0.3 is 5.73 Å². The van der Waals surface area contributed by atoms with Crippen LogP contribution in [0.1, 0.15) is 12.5 Å². The number of halogens is 1. The zero-order valence-electron chi connectivity index (χ0n) is 6.97. The van der Waals surface area contributed by atoms with Crippen LogP contribution in [0.15, 0.2) is 24.3 Å². The highest BCUT2D eigenvalue weighted by Crippen LogP contribution is 2.10. The van der Waals surface area contributed by atoms with Crippen molar-refractivity contribution in [1.82, 2.24) is 0 Å². The van der Waals surface area contributed by atoms with Gasteiger partial charge in [0.15, 0.2) is 0 Å². The van der Waals surface area contributed by atoms with E-state index in [1.807, 2.05) is 0 Å². The molecule has 2 heteroatoms. The lowest BCUT2D eigenvalue weighted by atomic mass is 10.2. The Kier molecular flexibility index (Phi) is 6.56. The van der Waals surface area contributed by atoms with Gasteiger partial charge in [0.25, 0.3) is 0 Å². The molecule has 0 unspecified atom stereocenters. The Bertz CT molecular complexity index is 199. The molecule has 0 saturated heterocycles. The van der Waals surface area contributed by atoms with Crippen molar-refractivity contribution in [1.29, 1.82) is 0 Å². The maximum atomic E-state index is 4.50. The Balaban J connectivity index is 0.000000461. The van der Waals surface area contributed by atoms with Gasteiger partial charge in [0.05, 0.1) is 0 Å². The van der Waals surface area contributed by atoms with Gasteiger partial charge in [-0.2, -0.15) is 0 Å². The molecule has 0 amide bonds. The first kappa shape index (κ1) is 10.9. The molecule has 1 rings (SSSR count). The number of rotatable bonds is 1. The van der Waals surface area contributed by atoms with Crippen molar-refractivity contribution < 1.29 is 0 Å². The summed E-state index contributed by atoms with van der Waals surface area (Å²) in [6.45, 7) is 2.18. The van der Waals surface area contributed by atoms with Crippen molar-refractivity contribution in [3.63, 3.8) is 0 Å². The minimum absolute atomic E-state index is 1.14. The third-order valence-corrected chi connectivity index (χ3v) is 2.39. The summed E-state index contributed by atoms with van der Waals surface area (Å²) in [5, 5.41) is 0. The second kappa shape index (κ2) is 6.61. The largest absolute Gasteiger partial charge is 0.333 e. The summed E-state index contributed by atoms with van der Waals surface area (Å²) >= 11 is 2.36. The van der Waals surface area contributed by atoms with Crippen LogP contribution < -0.4 is 5.73 Å². The maximum Gasteiger partial charge on any atom is 0.0162 e. The number of hydrogen-bond donors (Lipinski definition) is 1. The van der Waals surface area contributed by atoms with Crippen molar-refractivity contribution in [2.75, 3.05) is 7.05 Å². The molecule has 1 aromatic carbocycles. The topological polar surface area (TPSA) is 26.0 Å². The standard InChI is InChI=1S/C8H9I.CH5N/c1-2-7-5-3-4-6-8(7)9;1-2/h3-6H,2H2,1H3;2H2,1H3. The molecule has 0 atom stereocenters. The predicted molar refractivity (Wildman–Crippen MR) is 58.6 cm³/mol. The number of hydrogen-bond acceptors (Lipinski definition) is 1. The lowest BCUT2D eigenvalue weighted by Crippen LogP contribution is -1.82. The number of aryl methyl sites for hydroxylation is 1. The highest BCUT2D eigenvalue weighted by atomic mass is 127. The maximum absolute atomic E-state index is 4.50. The Hall–Kier alpha value is -0.0900. The quantitative estimate of drug-likeness (QED) is 0.774. The van der Waals surface area contributed by atoms with Gasteiger partial charge in [-0.15, -0.1) is 0 Å². The zero-order chi connectivity index (χ0) is 8.69. The lowest BCUT2D eigenvalue weighted by molar-refractivity contribution is 1.13. The second-order valence-electron chi connectivity index (χ2n) is 1.94. The summed E-state index contributed by atoms with van der Waals surface area (Å²) in [5.41, 5.74) is 5.94. The molecule has 0 aliphatic heterocycles. The Morgan fingerprint density at radius 1 is 1.27 bits per heavy atom. The number of benzene rings is 1. The van der Waals surface area contributed by atoms with Gasteiger partial charge in [-0.25, -0.2) is 0 Å². The van der Waals surface area contributed by atoms with E-state index in [9.17, 15) is 0 Å². The van der Waals surface area contributed by atoms with Gasteiger partial charge in [-0.05, 0) is 47.7 Å². The molecule has 1 nitrogen and oxygen atoms in total. The zero-order valence-corrected chi connectivity index (χ0v) is 9.13. The molecule has 0 fully saturated rings. The van der Waals surface area contributed by atoms with Gasteiger partial charge in [0.2, 0.25) is 0 Å². The van der Waals surface area contributed by atoms with E-state index in [-0.39, 0.29) is 0 Å². The fourth-order valence-electron chi connectivity index (χ4n) is 0.785. The van der Waals surface area contributed by atoms with Gasteiger partial charge >= 0.3 is 0 Å². The van der Waals surface area contributed by atoms with Gasteiger partial charge in [0.1, 0.15) is 0 Å². The van der Waals surface area contributed by atoms with Crippen LogP contribution >= 0.6 is 22.6 Å². The van der Waals surface area contributed by atoms with Gasteiger partial charge in [-0.1, -0.05) is 25.1 Å². The van der Waals surface area contributed by atoms with Crippen LogP contribution in [0.3, 0.4) is 0 Å². The lowest BCUT2D eigenvalue weighted by Gasteiger charge is -1.96. The van der Waals surface area contributed by atoms with E-state index in [1.165, 1.54) is 16.2 Å². The summed E-state index contributed by atoms with van der Waals surface area (Å²) in [5.74, 6) is 0. The first-order chi connectivity index (χ1) is 5.34. The molecule has 0 heterocycles. The molecule has 62 valence electrons. The molecule has 2 N–H and O–H groups in total. The Morgan fingerprint density at radius 3 is 2.18 bits per heavy atom. The van der Waals surface area contributed by atoms with E-state index in [2.05, 4.69) is 59.5 Å². The monoisotopic (exact) mass is 263 g/mol. The molecule has 1 aromatic rings. The summed E-state index contributed by atoms with van der Waals surface area (Å²) in [6, 6.07) is 8.46. The van der Waals surface area contributed by atoms with E-state index in [4.69, 9.17) is 0 Å². The summed E-state index contributed by atoms with van der Waals surface area (Å²) in [7, 11) is 1.50. The van der Waals surface area contributed by atoms with Crippen molar-refractivity contribution in [3.8, 4) is 0 Å².